The van der Waals surface area contributed by atoms with Crippen LogP contribution < -0.4 is 0 Å². The standard InChI is InChI=1S/C21H29N3O5S/c1-4-12-26-15-17-19(27-13-5-2)20(28-14-16-10-8-7-9-11-16)18(23-24-22)21(29-17)30(25)6-3/h4-5,7-11,17-21H,1-2,6,12-15H2,3H3/t17-,18-,19-,20-,21+,30?/m1/s1. The fourth-order valence-electron chi connectivity index (χ4n) is 3.20. The first-order valence-corrected chi connectivity index (χ1v) is 11.2. The Kier molecular flexibility index (Phi) is 10.8. The van der Waals surface area contributed by atoms with Gasteiger partial charge in [0.1, 0.15) is 23.7 Å². The molecular formula is C21H29N3O5S. The van der Waals surface area contributed by atoms with Gasteiger partial charge in [0, 0.05) is 10.7 Å². The number of azide groups is 1. The fraction of sp³-hybridized carbons (Fsp3) is 0.524. The summed E-state index contributed by atoms with van der Waals surface area (Å²) in [5.74, 6) is 0.353. The molecule has 1 aromatic rings. The second-order valence-corrected chi connectivity index (χ2v) is 8.39. The van der Waals surface area contributed by atoms with Crippen LogP contribution in [0.1, 0.15) is 12.5 Å². The molecule has 0 bridgehead atoms. The zero-order valence-corrected chi connectivity index (χ0v) is 18.0. The van der Waals surface area contributed by atoms with Gasteiger partial charge in [-0.25, -0.2) is 0 Å². The third-order valence-corrected chi connectivity index (χ3v) is 6.03. The molecule has 1 aromatic carbocycles. The molecule has 0 aromatic heterocycles. The highest BCUT2D eigenvalue weighted by Gasteiger charge is 2.49. The highest BCUT2D eigenvalue weighted by atomic mass is 32.2. The summed E-state index contributed by atoms with van der Waals surface area (Å²) in [4.78, 5) is 2.96. The van der Waals surface area contributed by atoms with Gasteiger partial charge < -0.3 is 18.9 Å². The number of hydrogen-bond donors (Lipinski definition) is 0. The van der Waals surface area contributed by atoms with E-state index in [0.717, 1.165) is 5.56 Å². The summed E-state index contributed by atoms with van der Waals surface area (Å²) in [6, 6.07) is 8.82. The Balaban J connectivity index is 2.34. The van der Waals surface area contributed by atoms with Gasteiger partial charge in [-0.05, 0) is 11.1 Å². The molecule has 0 aliphatic carbocycles. The largest absolute Gasteiger partial charge is 0.375 e. The Morgan fingerprint density at radius 1 is 1.20 bits per heavy atom. The predicted molar refractivity (Wildman–Crippen MR) is 116 cm³/mol. The summed E-state index contributed by atoms with van der Waals surface area (Å²) in [6.45, 7) is 10.2. The first-order valence-electron chi connectivity index (χ1n) is 9.79. The molecule has 1 aliphatic heterocycles. The zero-order valence-electron chi connectivity index (χ0n) is 17.2. The Morgan fingerprint density at radius 2 is 1.93 bits per heavy atom. The molecule has 0 amide bonds. The molecule has 0 saturated carbocycles. The Morgan fingerprint density at radius 3 is 2.57 bits per heavy atom. The van der Waals surface area contributed by atoms with Gasteiger partial charge in [0.15, 0.2) is 0 Å². The highest BCUT2D eigenvalue weighted by Crippen LogP contribution is 2.31. The van der Waals surface area contributed by atoms with E-state index in [1.165, 1.54) is 0 Å². The number of nitrogens with zero attached hydrogens (tertiary/aromatic N) is 3. The fourth-order valence-corrected chi connectivity index (χ4v) is 4.31. The van der Waals surface area contributed by atoms with E-state index in [1.807, 2.05) is 30.3 Å². The number of ether oxygens (including phenoxy) is 4. The Labute approximate surface area is 179 Å². The molecule has 30 heavy (non-hydrogen) atoms. The maximum Gasteiger partial charge on any atom is 0.144 e. The van der Waals surface area contributed by atoms with E-state index in [0.29, 0.717) is 12.4 Å². The summed E-state index contributed by atoms with van der Waals surface area (Å²) < 4.78 is 36.5. The van der Waals surface area contributed by atoms with Crippen LogP contribution in [0.5, 0.6) is 0 Å². The Hall–Kier alpha value is -2.00. The van der Waals surface area contributed by atoms with E-state index in [4.69, 9.17) is 24.5 Å². The summed E-state index contributed by atoms with van der Waals surface area (Å²) in [7, 11) is -1.38. The number of benzene rings is 1. The monoisotopic (exact) mass is 435 g/mol. The third-order valence-electron chi connectivity index (χ3n) is 4.55. The normalized spacial score (nSPS) is 27.0. The van der Waals surface area contributed by atoms with Crippen molar-refractivity contribution in [2.45, 2.75) is 43.3 Å². The lowest BCUT2D eigenvalue weighted by Crippen LogP contribution is -2.60. The van der Waals surface area contributed by atoms with E-state index in [-0.39, 0.29) is 19.8 Å². The van der Waals surface area contributed by atoms with Gasteiger partial charge >= 0.3 is 0 Å². The van der Waals surface area contributed by atoms with Crippen LogP contribution >= 0.6 is 0 Å². The van der Waals surface area contributed by atoms with Gasteiger partial charge in [-0.2, -0.15) is 0 Å². The van der Waals surface area contributed by atoms with Gasteiger partial charge in [-0.15, -0.1) is 13.2 Å². The van der Waals surface area contributed by atoms with Crippen molar-refractivity contribution in [2.24, 2.45) is 5.11 Å². The lowest BCUT2D eigenvalue weighted by molar-refractivity contribution is -0.203. The van der Waals surface area contributed by atoms with Crippen LogP contribution in [-0.2, 0) is 36.4 Å². The maximum atomic E-state index is 12.7. The van der Waals surface area contributed by atoms with Crippen molar-refractivity contribution in [3.8, 4) is 0 Å². The van der Waals surface area contributed by atoms with Crippen molar-refractivity contribution in [1.29, 1.82) is 0 Å². The molecule has 164 valence electrons. The van der Waals surface area contributed by atoms with Crippen LogP contribution in [0.2, 0.25) is 0 Å². The highest BCUT2D eigenvalue weighted by molar-refractivity contribution is 7.85. The molecule has 6 atom stereocenters. The average molecular weight is 436 g/mol. The molecular weight excluding hydrogens is 406 g/mol. The summed E-state index contributed by atoms with van der Waals surface area (Å²) in [5, 5.41) is 3.89. The molecule has 1 aliphatic rings. The van der Waals surface area contributed by atoms with Crippen LogP contribution in [0.4, 0.5) is 0 Å². The minimum absolute atomic E-state index is 0.194. The molecule has 0 N–H and O–H groups in total. The van der Waals surface area contributed by atoms with Crippen LogP contribution in [0, 0.1) is 0 Å². The quantitative estimate of drug-likeness (QED) is 0.155. The van der Waals surface area contributed by atoms with E-state index < -0.39 is 40.6 Å². The minimum atomic E-state index is -1.38. The molecule has 0 radical (unpaired) electrons. The smallest absolute Gasteiger partial charge is 0.144 e. The van der Waals surface area contributed by atoms with E-state index in [9.17, 15) is 4.21 Å². The second kappa shape index (κ2) is 13.3. The molecule has 2 rings (SSSR count). The topological polar surface area (TPSA) is 103 Å². The molecule has 1 heterocycles. The summed E-state index contributed by atoms with van der Waals surface area (Å²) >= 11 is 0. The van der Waals surface area contributed by atoms with Gasteiger partial charge in [-0.3, -0.25) is 4.21 Å². The summed E-state index contributed by atoms with van der Waals surface area (Å²) in [6.07, 6.45) is 1.42. The molecule has 1 unspecified atom stereocenters. The predicted octanol–water partition coefficient (Wildman–Crippen LogP) is 3.52. The van der Waals surface area contributed by atoms with Crippen LogP contribution in [0.15, 0.2) is 60.8 Å². The molecule has 8 nitrogen and oxygen atoms in total. The first-order chi connectivity index (χ1) is 14.7. The number of hydrogen-bond acceptors (Lipinski definition) is 6. The van der Waals surface area contributed by atoms with Crippen molar-refractivity contribution in [2.75, 3.05) is 25.6 Å². The molecule has 9 heteroatoms. The van der Waals surface area contributed by atoms with Gasteiger partial charge in [0.2, 0.25) is 0 Å². The van der Waals surface area contributed by atoms with Crippen LogP contribution in [0.3, 0.4) is 0 Å². The van der Waals surface area contributed by atoms with Crippen molar-refractivity contribution in [3.05, 3.63) is 71.6 Å². The van der Waals surface area contributed by atoms with Crippen molar-refractivity contribution in [3.63, 3.8) is 0 Å². The zero-order chi connectivity index (χ0) is 21.8. The van der Waals surface area contributed by atoms with Crippen molar-refractivity contribution >= 4 is 10.8 Å². The maximum absolute atomic E-state index is 12.7. The second-order valence-electron chi connectivity index (χ2n) is 6.58. The van der Waals surface area contributed by atoms with Crippen molar-refractivity contribution in [1.82, 2.24) is 0 Å². The third kappa shape index (κ3) is 6.77. The van der Waals surface area contributed by atoms with Gasteiger partial charge in [-0.1, -0.05) is 54.5 Å². The van der Waals surface area contributed by atoms with Gasteiger partial charge in [0.25, 0.3) is 0 Å². The van der Waals surface area contributed by atoms with Crippen LogP contribution in [-0.4, -0.2) is 59.6 Å². The SMILES string of the molecule is C=CCOC[C@H]1O[C@@H](S(=O)CC)[C@H](N=[N+]=[N-])[C@@H](OCc2ccccc2)[C@@H]1OCC=C. The molecule has 0 spiro atoms. The lowest BCUT2D eigenvalue weighted by atomic mass is 9.98. The van der Waals surface area contributed by atoms with Gasteiger partial charge in [0.05, 0.1) is 43.3 Å². The molecule has 1 saturated heterocycles. The minimum Gasteiger partial charge on any atom is -0.375 e. The lowest BCUT2D eigenvalue weighted by Gasteiger charge is -2.44. The van der Waals surface area contributed by atoms with E-state index in [1.54, 1.807) is 19.1 Å². The van der Waals surface area contributed by atoms with Crippen molar-refractivity contribution < 1.29 is 23.2 Å². The Bertz CT molecular complexity index is 741. The summed E-state index contributed by atoms with van der Waals surface area (Å²) in [5.41, 5.74) is 9.28. The van der Waals surface area contributed by atoms with E-state index >= 15 is 0 Å². The number of rotatable bonds is 13. The molecule has 1 fully saturated rings. The van der Waals surface area contributed by atoms with Crippen LogP contribution in [0.25, 0.3) is 10.4 Å². The average Bonchev–Trinajstić information content (AvgIpc) is 2.78. The van der Waals surface area contributed by atoms with E-state index in [2.05, 4.69) is 23.2 Å². The first kappa shape index (κ1) is 24.3.